The van der Waals surface area contributed by atoms with Gasteiger partial charge in [0.2, 0.25) is 0 Å². The van der Waals surface area contributed by atoms with Gasteiger partial charge in [-0.15, -0.1) is 0 Å². The quantitative estimate of drug-likeness (QED) is 0.732. The molecule has 0 heterocycles. The number of nitrogens with zero attached hydrogens (tertiary/aromatic N) is 1. The predicted molar refractivity (Wildman–Crippen MR) is 96.3 cm³/mol. The number of rotatable bonds is 5. The fraction of sp³-hybridized carbons (Fsp3) is 0.263. The molecule has 2 aromatic rings. The van der Waals surface area contributed by atoms with Crippen LogP contribution in [-0.2, 0) is 19.4 Å². The third-order valence-corrected chi connectivity index (χ3v) is 7.06. The fourth-order valence-electron chi connectivity index (χ4n) is 3.32. The van der Waals surface area contributed by atoms with Crippen LogP contribution < -0.4 is 0 Å². The number of hydrogen-bond acceptors (Lipinski definition) is 5. The van der Waals surface area contributed by atoms with Crippen LogP contribution in [0.25, 0.3) is 0 Å². The topological polar surface area (TPSA) is 84.2 Å². The van der Waals surface area contributed by atoms with Gasteiger partial charge in [-0.1, -0.05) is 41.9 Å². The number of halogens is 1. The number of nitriles is 1. The molecule has 7 heteroatoms. The maximum atomic E-state index is 13.2. The summed E-state index contributed by atoms with van der Waals surface area (Å²) in [4.78, 5) is 12.6. The molecule has 0 bridgehead atoms. The number of ether oxygens (including phenoxy) is 1. The molecule has 1 aliphatic rings. The van der Waals surface area contributed by atoms with Crippen molar-refractivity contribution in [1.82, 2.24) is 0 Å². The summed E-state index contributed by atoms with van der Waals surface area (Å²) in [6.45, 7) is 1.68. The largest absolute Gasteiger partial charge is 0.465 e. The Kier molecular flexibility index (Phi) is 4.78. The zero-order chi connectivity index (χ0) is 18.9. The van der Waals surface area contributed by atoms with Crippen molar-refractivity contribution in [2.24, 2.45) is 5.41 Å². The lowest BCUT2D eigenvalue weighted by atomic mass is 10.0. The van der Waals surface area contributed by atoms with Gasteiger partial charge in [-0.05, 0) is 36.8 Å². The van der Waals surface area contributed by atoms with Crippen molar-refractivity contribution in [2.45, 2.75) is 23.0 Å². The van der Waals surface area contributed by atoms with Gasteiger partial charge in [0.1, 0.15) is 5.25 Å². The Morgan fingerprint density at radius 3 is 2.35 bits per heavy atom. The highest BCUT2D eigenvalue weighted by molar-refractivity contribution is 7.92. The van der Waals surface area contributed by atoms with Crippen LogP contribution in [0.5, 0.6) is 0 Å². The Morgan fingerprint density at radius 2 is 1.81 bits per heavy atom. The number of esters is 1. The monoisotopic (exact) mass is 389 g/mol. The highest BCUT2D eigenvalue weighted by Gasteiger charge is 2.77. The van der Waals surface area contributed by atoms with Crippen molar-refractivity contribution in [3.05, 3.63) is 65.2 Å². The smallest absolute Gasteiger partial charge is 0.328 e. The number of carbonyl (C=O) groups is 1. The summed E-state index contributed by atoms with van der Waals surface area (Å²) in [6, 6.07) is 16.3. The Balaban J connectivity index is 2.12. The predicted octanol–water partition coefficient (Wildman–Crippen LogP) is 3.35. The second-order valence-electron chi connectivity index (χ2n) is 6.01. The molecular formula is C19H16ClNO4S. The van der Waals surface area contributed by atoms with E-state index in [2.05, 4.69) is 0 Å². The molecule has 0 aliphatic heterocycles. The van der Waals surface area contributed by atoms with Crippen LogP contribution in [0.1, 0.15) is 18.4 Å². The van der Waals surface area contributed by atoms with Crippen molar-refractivity contribution in [2.75, 3.05) is 6.61 Å². The highest BCUT2D eigenvalue weighted by atomic mass is 35.5. The summed E-state index contributed by atoms with van der Waals surface area (Å²) in [6.07, 6.45) is 0. The molecule has 0 N–H and O–H groups in total. The SMILES string of the molecule is CCOC(=O)C1(C#N)C(c2ccccc2)C1S(=O)(=O)c1ccc(Cl)cc1. The van der Waals surface area contributed by atoms with Crippen LogP contribution >= 0.6 is 11.6 Å². The molecule has 3 rings (SSSR count). The van der Waals surface area contributed by atoms with E-state index in [9.17, 15) is 18.5 Å². The first kappa shape index (κ1) is 18.4. The van der Waals surface area contributed by atoms with Gasteiger partial charge >= 0.3 is 5.97 Å². The molecular weight excluding hydrogens is 374 g/mol. The molecule has 0 aromatic heterocycles. The van der Waals surface area contributed by atoms with Crippen LogP contribution in [0.15, 0.2) is 59.5 Å². The van der Waals surface area contributed by atoms with E-state index >= 15 is 0 Å². The zero-order valence-corrected chi connectivity index (χ0v) is 15.5. The summed E-state index contributed by atoms with van der Waals surface area (Å²) in [5.74, 6) is -1.59. The molecule has 3 unspecified atom stereocenters. The Labute approximate surface area is 157 Å². The second kappa shape index (κ2) is 6.75. The first-order valence-corrected chi connectivity index (χ1v) is 9.95. The first-order valence-electron chi connectivity index (χ1n) is 8.02. The summed E-state index contributed by atoms with van der Waals surface area (Å²) in [5, 5.41) is 8.97. The molecule has 1 saturated carbocycles. The number of hydrogen-bond donors (Lipinski definition) is 0. The second-order valence-corrected chi connectivity index (χ2v) is 8.51. The molecule has 3 atom stereocenters. The van der Waals surface area contributed by atoms with Crippen molar-refractivity contribution < 1.29 is 17.9 Å². The Morgan fingerprint density at radius 1 is 1.19 bits per heavy atom. The van der Waals surface area contributed by atoms with Crippen molar-refractivity contribution in [1.29, 1.82) is 5.26 Å². The van der Waals surface area contributed by atoms with Crippen molar-refractivity contribution in [3.63, 3.8) is 0 Å². The molecule has 1 aliphatic carbocycles. The van der Waals surface area contributed by atoms with Gasteiger partial charge in [0.15, 0.2) is 15.3 Å². The molecule has 5 nitrogen and oxygen atoms in total. The number of benzene rings is 2. The lowest BCUT2D eigenvalue weighted by Gasteiger charge is -2.09. The molecule has 0 radical (unpaired) electrons. The van der Waals surface area contributed by atoms with E-state index in [-0.39, 0.29) is 11.5 Å². The van der Waals surface area contributed by atoms with Crippen LogP contribution in [-0.4, -0.2) is 26.2 Å². The lowest BCUT2D eigenvalue weighted by molar-refractivity contribution is -0.147. The summed E-state index contributed by atoms with van der Waals surface area (Å²) in [5.41, 5.74) is -1.14. The summed E-state index contributed by atoms with van der Waals surface area (Å²) in [7, 11) is -3.94. The van der Waals surface area contributed by atoms with E-state index in [1.807, 2.05) is 6.07 Å². The van der Waals surface area contributed by atoms with E-state index in [1.54, 1.807) is 37.3 Å². The molecule has 26 heavy (non-hydrogen) atoms. The maximum Gasteiger partial charge on any atom is 0.328 e. The van der Waals surface area contributed by atoms with Gasteiger partial charge < -0.3 is 4.74 Å². The minimum atomic E-state index is -3.94. The van der Waals surface area contributed by atoms with E-state index < -0.39 is 32.4 Å². The van der Waals surface area contributed by atoms with Crippen LogP contribution in [0.4, 0.5) is 0 Å². The summed E-state index contributed by atoms with van der Waals surface area (Å²) >= 11 is 5.84. The van der Waals surface area contributed by atoms with Gasteiger partial charge in [0.05, 0.1) is 17.6 Å². The van der Waals surface area contributed by atoms with Gasteiger partial charge in [-0.25, -0.2) is 8.42 Å². The van der Waals surface area contributed by atoms with Gasteiger partial charge in [0.25, 0.3) is 0 Å². The molecule has 0 amide bonds. The van der Waals surface area contributed by atoms with Crippen molar-refractivity contribution >= 4 is 27.4 Å². The normalized spacial score (nSPS) is 24.5. The van der Waals surface area contributed by atoms with Gasteiger partial charge in [-0.2, -0.15) is 5.26 Å². The fourth-order valence-corrected chi connectivity index (χ4v) is 5.69. The third-order valence-electron chi connectivity index (χ3n) is 4.57. The molecule has 0 spiro atoms. The Bertz CT molecular complexity index is 967. The van der Waals surface area contributed by atoms with Gasteiger partial charge in [0, 0.05) is 10.9 Å². The minimum Gasteiger partial charge on any atom is -0.465 e. The average molecular weight is 390 g/mol. The van der Waals surface area contributed by atoms with E-state index in [0.29, 0.717) is 10.6 Å². The maximum absolute atomic E-state index is 13.2. The average Bonchev–Trinajstić information content (AvgIpc) is 3.35. The highest BCUT2D eigenvalue weighted by Crippen LogP contribution is 2.64. The minimum absolute atomic E-state index is 0.0225. The van der Waals surface area contributed by atoms with Crippen LogP contribution in [0, 0.1) is 16.7 Å². The van der Waals surface area contributed by atoms with E-state index in [0.717, 1.165) is 0 Å². The Hall–Kier alpha value is -2.36. The zero-order valence-electron chi connectivity index (χ0n) is 13.9. The number of sulfone groups is 1. The van der Waals surface area contributed by atoms with Gasteiger partial charge in [-0.3, -0.25) is 4.79 Å². The van der Waals surface area contributed by atoms with E-state index in [4.69, 9.17) is 16.3 Å². The number of carbonyl (C=O) groups excluding carboxylic acids is 1. The standard InChI is InChI=1S/C19H16ClNO4S/c1-2-25-18(22)19(12-21)16(13-6-4-3-5-7-13)17(19)26(23,24)15-10-8-14(20)9-11-15/h3-11,16-17H,2H2,1H3. The van der Waals surface area contributed by atoms with Crippen LogP contribution in [0.2, 0.25) is 5.02 Å². The molecule has 1 fully saturated rings. The molecule has 2 aromatic carbocycles. The van der Waals surface area contributed by atoms with E-state index in [1.165, 1.54) is 24.3 Å². The molecule has 0 saturated heterocycles. The third kappa shape index (κ3) is 2.77. The van der Waals surface area contributed by atoms with Crippen molar-refractivity contribution in [3.8, 4) is 6.07 Å². The first-order chi connectivity index (χ1) is 12.4. The summed E-state index contributed by atoms with van der Waals surface area (Å²) < 4.78 is 31.4. The lowest BCUT2D eigenvalue weighted by Crippen LogP contribution is -2.25. The molecule has 134 valence electrons. The van der Waals surface area contributed by atoms with Crippen LogP contribution in [0.3, 0.4) is 0 Å².